The van der Waals surface area contributed by atoms with Gasteiger partial charge < -0.3 is 30.6 Å². The number of benzene rings is 4. The van der Waals surface area contributed by atoms with Crippen molar-refractivity contribution in [3.8, 4) is 23.0 Å². The second-order valence-corrected chi connectivity index (χ2v) is 18.1. The van der Waals surface area contributed by atoms with Gasteiger partial charge in [0.15, 0.2) is 0 Å². The molecule has 392 valence electrons. The summed E-state index contributed by atoms with van der Waals surface area (Å²) in [6.07, 6.45) is 29.5. The van der Waals surface area contributed by atoms with Crippen LogP contribution in [0.5, 0.6) is 23.0 Å². The normalized spacial score (nSPS) is 11.4. The van der Waals surface area contributed by atoms with E-state index in [4.69, 9.17) is 30.4 Å². The van der Waals surface area contributed by atoms with Crippen molar-refractivity contribution in [3.05, 3.63) is 117 Å². The largest absolute Gasteiger partial charge is 2.00 e. The minimum atomic E-state index is -1.29. The molecule has 0 heterocycles. The molecule has 0 aliphatic rings. The molecule has 10 nitrogen and oxygen atoms in total. The number of carboxylic acids is 2. The molecule has 4 N–H and O–H groups in total. The van der Waals surface area contributed by atoms with Gasteiger partial charge in [-0.25, -0.2) is 14.6 Å². The first-order valence-electron chi connectivity index (χ1n) is 26.3. The van der Waals surface area contributed by atoms with Gasteiger partial charge in [-0.2, -0.15) is 0 Å². The van der Waals surface area contributed by atoms with Gasteiger partial charge in [0.2, 0.25) is 0 Å². The number of phenolic OH excluding ortho intramolecular Hbond substituents is 2. The number of unbranched alkanes of at least 4 members (excludes halogenated alkanes) is 10. The Kier molecular flexibility index (Phi) is 32.7. The summed E-state index contributed by atoms with van der Waals surface area (Å²) in [5.41, 5.74) is 10.3. The third kappa shape index (κ3) is 23.1. The van der Waals surface area contributed by atoms with Crippen LogP contribution in [0, 0.1) is 0 Å². The van der Waals surface area contributed by atoms with Crippen LogP contribution in [0.1, 0.15) is 212 Å². The molecule has 0 atom stereocenters. The molecule has 0 aliphatic carbocycles. The summed E-state index contributed by atoms with van der Waals surface area (Å²) in [6.45, 7) is 17.0. The van der Waals surface area contributed by atoms with Gasteiger partial charge in [0, 0.05) is 0 Å². The number of phenols is 2. The Morgan fingerprint density at radius 2 is 0.845 bits per heavy atom. The molecule has 0 unspecified atom stereocenters. The third-order valence-electron chi connectivity index (χ3n) is 12.1. The maximum absolute atomic E-state index is 11.2. The van der Waals surface area contributed by atoms with Gasteiger partial charge in [0.1, 0.15) is 11.5 Å². The van der Waals surface area contributed by atoms with Gasteiger partial charge in [-0.1, -0.05) is 155 Å². The Labute approximate surface area is 436 Å². The molecule has 71 heavy (non-hydrogen) atoms. The molecule has 0 aliphatic heterocycles. The zero-order valence-electron chi connectivity index (χ0n) is 44.1. The van der Waals surface area contributed by atoms with Gasteiger partial charge in [-0.05, 0) is 160 Å². The Morgan fingerprint density at radius 1 is 0.507 bits per heavy atom. The van der Waals surface area contributed by atoms with Crippen molar-refractivity contribution in [3.63, 3.8) is 0 Å². The first-order chi connectivity index (χ1) is 33.7. The second kappa shape index (κ2) is 36.5. The van der Waals surface area contributed by atoms with E-state index >= 15 is 0 Å². The summed E-state index contributed by atoms with van der Waals surface area (Å²) in [4.78, 5) is 32.1. The predicted molar refractivity (Wildman–Crippen MR) is 287 cm³/mol. The molecule has 0 fully saturated rings. The van der Waals surface area contributed by atoms with Crippen LogP contribution in [0.15, 0.2) is 82.8 Å². The van der Waals surface area contributed by atoms with Gasteiger partial charge in [-0.3, -0.25) is 4.99 Å². The molecule has 4 aromatic rings. The van der Waals surface area contributed by atoms with Crippen LogP contribution in [0.3, 0.4) is 0 Å². The van der Waals surface area contributed by atoms with E-state index in [-0.39, 0.29) is 27.6 Å². The monoisotopic (exact) mass is 1020 g/mol. The van der Waals surface area contributed by atoms with Gasteiger partial charge in [0.25, 0.3) is 0 Å². The topological polar surface area (TPSA) is 186 Å². The van der Waals surface area contributed by atoms with Crippen LogP contribution >= 0.6 is 0 Å². The number of aliphatic imine (C=N–C) groups is 2. The van der Waals surface area contributed by atoms with Crippen molar-refractivity contribution in [2.45, 2.75) is 197 Å². The summed E-state index contributed by atoms with van der Waals surface area (Å²) in [7, 11) is 0. The molecule has 0 aromatic heterocycles. The van der Waals surface area contributed by atoms with Crippen molar-refractivity contribution < 1.29 is 56.7 Å². The van der Waals surface area contributed by atoms with Crippen LogP contribution in [0.2, 0.25) is 0 Å². The quantitative estimate of drug-likeness (QED) is 0.0246. The molecule has 4 rings (SSSR count). The number of aromatic carboxylic acids is 2. The maximum Gasteiger partial charge on any atom is 2.00 e. The minimum absolute atomic E-state index is 0. The molecular formula is C60H84N2NiO8. The van der Waals surface area contributed by atoms with E-state index in [0.717, 1.165) is 61.3 Å². The fourth-order valence-electron chi connectivity index (χ4n) is 8.23. The SMILES string of the molecule is CC=CC(=Nc1cc(CCCCC)cc(CCCCC)c1)C(CCCCC)=Nc1cc(CCCCC)cc(CCCCC)c1.CCc1ccc(O)c([O-])c1C(=O)O.CCc1ccc(O)c([O-])c1C(=O)O.[Ni+2]. The zero-order valence-corrected chi connectivity index (χ0v) is 45.1. The summed E-state index contributed by atoms with van der Waals surface area (Å²) in [6, 6.07) is 19.6. The molecular weight excluding hydrogens is 935 g/mol. The summed E-state index contributed by atoms with van der Waals surface area (Å²) in [5, 5.41) is 57.7. The summed E-state index contributed by atoms with van der Waals surface area (Å²) in [5.74, 6) is -5.25. The van der Waals surface area contributed by atoms with Crippen molar-refractivity contribution in [2.75, 3.05) is 0 Å². The van der Waals surface area contributed by atoms with E-state index < -0.39 is 34.9 Å². The Balaban J connectivity index is 0.000000751. The van der Waals surface area contributed by atoms with E-state index in [9.17, 15) is 19.8 Å². The number of nitrogens with zero attached hydrogens (tertiary/aromatic N) is 2. The fourth-order valence-corrected chi connectivity index (χ4v) is 8.23. The Bertz CT molecular complexity index is 2170. The van der Waals surface area contributed by atoms with E-state index in [0.29, 0.717) is 24.0 Å². The van der Waals surface area contributed by atoms with E-state index in [2.05, 4.69) is 90.1 Å². The Morgan fingerprint density at radius 3 is 1.15 bits per heavy atom. The van der Waals surface area contributed by atoms with Gasteiger partial charge >= 0.3 is 28.4 Å². The molecule has 4 aromatic carbocycles. The van der Waals surface area contributed by atoms with Crippen LogP contribution in [0.25, 0.3) is 0 Å². The fraction of sp³-hybridized carbons (Fsp3) is 0.500. The second-order valence-electron chi connectivity index (χ2n) is 18.1. The molecule has 0 bridgehead atoms. The van der Waals surface area contributed by atoms with Crippen LogP contribution in [-0.4, -0.2) is 43.8 Å². The number of rotatable bonds is 28. The standard InChI is InChI=1S/C42H66N2.2C9H10O4.Ni/c1-7-13-18-24-35-29-36(25-19-14-8-2)32-39(31-35)43-41(23-12-6)42(28-22-17-11-5)44-40-33-37(26-20-15-9-3)30-38(34-40)27-21-16-10-4;2*1-2-5-3-4-6(10)8(11)7(5)9(12)13;/h12,23,29-34H,7-11,13-22,24-28H2,1-6H3;2*3-4,10-11H,2H2,1H3,(H,12,13);/q;;;+2/p-2. The molecule has 0 saturated heterocycles. The molecule has 0 spiro atoms. The molecule has 0 saturated carbocycles. The smallest absolute Gasteiger partial charge is 0.869 e. The summed E-state index contributed by atoms with van der Waals surface area (Å²) < 4.78 is 0. The molecule has 0 radical (unpaired) electrons. The van der Waals surface area contributed by atoms with E-state index in [1.807, 2.05) is 0 Å². The van der Waals surface area contributed by atoms with Gasteiger partial charge in [-0.15, -0.1) is 0 Å². The molecule has 11 heteroatoms. The first kappa shape index (κ1) is 63.6. The zero-order chi connectivity index (χ0) is 51.8. The number of carbonyl (C=O) groups is 2. The average Bonchev–Trinajstić information content (AvgIpc) is 3.33. The van der Waals surface area contributed by atoms with Crippen LogP contribution < -0.4 is 10.2 Å². The van der Waals surface area contributed by atoms with Crippen LogP contribution in [0.4, 0.5) is 11.4 Å². The van der Waals surface area contributed by atoms with Crippen molar-refractivity contribution >= 4 is 34.7 Å². The minimum Gasteiger partial charge on any atom is -0.869 e. The summed E-state index contributed by atoms with van der Waals surface area (Å²) >= 11 is 0. The van der Waals surface area contributed by atoms with Crippen molar-refractivity contribution in [1.82, 2.24) is 0 Å². The first-order valence-corrected chi connectivity index (χ1v) is 26.3. The van der Waals surface area contributed by atoms with Crippen LogP contribution in [-0.2, 0) is 55.0 Å². The number of aromatic hydroxyl groups is 2. The van der Waals surface area contributed by atoms with E-state index in [1.54, 1.807) is 13.8 Å². The maximum atomic E-state index is 11.2. The number of allylic oxidation sites excluding steroid dienone is 2. The van der Waals surface area contributed by atoms with Gasteiger partial charge in [0.05, 0.1) is 33.9 Å². The number of hydrogen-bond donors (Lipinski definition) is 4. The van der Waals surface area contributed by atoms with E-state index in [1.165, 1.54) is 136 Å². The number of hydrogen-bond acceptors (Lipinski definition) is 8. The van der Waals surface area contributed by atoms with Crippen molar-refractivity contribution in [2.24, 2.45) is 9.98 Å². The third-order valence-corrected chi connectivity index (χ3v) is 12.1. The number of carboxylic acid groups (broad SMARTS) is 2. The molecule has 0 amide bonds. The predicted octanol–water partition coefficient (Wildman–Crippen LogP) is 15.1. The Hall–Kier alpha value is -5.41. The van der Waals surface area contributed by atoms with Crippen molar-refractivity contribution in [1.29, 1.82) is 0 Å². The average molecular weight is 1020 g/mol. The number of aryl methyl sites for hydroxylation is 6.